The molecule has 1 aromatic carbocycles. The van der Waals surface area contributed by atoms with Gasteiger partial charge in [-0.2, -0.15) is 0 Å². The number of carbonyl (C=O) groups is 2. The summed E-state index contributed by atoms with van der Waals surface area (Å²) in [5.41, 5.74) is 1.86. The number of amides is 2. The first-order chi connectivity index (χ1) is 11.6. The van der Waals surface area contributed by atoms with Crippen LogP contribution in [0, 0.1) is 0 Å². The Labute approximate surface area is 141 Å². The summed E-state index contributed by atoms with van der Waals surface area (Å²) in [5.74, 6) is 0.818. The van der Waals surface area contributed by atoms with E-state index in [-0.39, 0.29) is 24.3 Å². The van der Waals surface area contributed by atoms with Crippen molar-refractivity contribution in [2.75, 3.05) is 19.7 Å². The number of likely N-dealkylation sites (tertiary alicyclic amines) is 1. The summed E-state index contributed by atoms with van der Waals surface area (Å²) >= 11 is 0. The molecule has 128 valence electrons. The number of aromatic nitrogens is 1. The van der Waals surface area contributed by atoms with E-state index in [1.54, 1.807) is 4.90 Å². The van der Waals surface area contributed by atoms with Crippen molar-refractivity contribution in [2.24, 2.45) is 0 Å². The minimum Gasteiger partial charge on any atom is -0.493 e. The molecule has 2 heterocycles. The molecule has 2 aromatic rings. The van der Waals surface area contributed by atoms with Gasteiger partial charge in [0.05, 0.1) is 19.1 Å². The van der Waals surface area contributed by atoms with Gasteiger partial charge in [0.25, 0.3) is 0 Å². The SMILES string of the molecule is CCOc1cccc2[nH]cc(CC(=O)N[C@@H]3CC(=O)N(CC)C3)c12. The fourth-order valence-electron chi connectivity index (χ4n) is 3.26. The molecule has 1 fully saturated rings. The molecule has 1 atom stereocenters. The zero-order valence-electron chi connectivity index (χ0n) is 14.1. The smallest absolute Gasteiger partial charge is 0.224 e. The largest absolute Gasteiger partial charge is 0.493 e. The predicted molar refractivity (Wildman–Crippen MR) is 92.0 cm³/mol. The second-order valence-electron chi connectivity index (χ2n) is 6.00. The molecule has 0 spiro atoms. The predicted octanol–water partition coefficient (Wildman–Crippen LogP) is 1.85. The first kappa shape index (κ1) is 16.4. The zero-order chi connectivity index (χ0) is 17.1. The van der Waals surface area contributed by atoms with Gasteiger partial charge < -0.3 is 19.9 Å². The highest BCUT2D eigenvalue weighted by molar-refractivity contribution is 5.93. The van der Waals surface area contributed by atoms with Crippen molar-refractivity contribution in [3.05, 3.63) is 30.0 Å². The summed E-state index contributed by atoms with van der Waals surface area (Å²) in [7, 11) is 0. The van der Waals surface area contributed by atoms with Crippen molar-refractivity contribution >= 4 is 22.7 Å². The van der Waals surface area contributed by atoms with Crippen LogP contribution in [0.5, 0.6) is 5.75 Å². The molecule has 0 bridgehead atoms. The van der Waals surface area contributed by atoms with E-state index in [1.165, 1.54) is 0 Å². The van der Waals surface area contributed by atoms with Gasteiger partial charge in [-0.15, -0.1) is 0 Å². The van der Waals surface area contributed by atoms with E-state index >= 15 is 0 Å². The molecular weight excluding hydrogens is 306 g/mol. The molecule has 0 saturated carbocycles. The summed E-state index contributed by atoms with van der Waals surface area (Å²) in [6, 6.07) is 5.71. The number of rotatable bonds is 6. The van der Waals surface area contributed by atoms with Crippen molar-refractivity contribution in [1.82, 2.24) is 15.2 Å². The van der Waals surface area contributed by atoms with Crippen LogP contribution in [0.3, 0.4) is 0 Å². The van der Waals surface area contributed by atoms with E-state index in [0.717, 1.165) is 22.2 Å². The second-order valence-corrected chi connectivity index (χ2v) is 6.00. The Morgan fingerprint density at radius 3 is 2.96 bits per heavy atom. The van der Waals surface area contributed by atoms with Crippen LogP contribution >= 0.6 is 0 Å². The molecule has 6 nitrogen and oxygen atoms in total. The van der Waals surface area contributed by atoms with E-state index in [9.17, 15) is 9.59 Å². The van der Waals surface area contributed by atoms with Gasteiger partial charge in [0.1, 0.15) is 5.75 Å². The van der Waals surface area contributed by atoms with Gasteiger partial charge in [-0.05, 0) is 31.5 Å². The molecule has 0 radical (unpaired) electrons. The molecule has 1 saturated heterocycles. The highest BCUT2D eigenvalue weighted by Gasteiger charge is 2.29. The number of carbonyl (C=O) groups excluding carboxylic acids is 2. The average molecular weight is 329 g/mol. The van der Waals surface area contributed by atoms with Crippen molar-refractivity contribution in [1.29, 1.82) is 0 Å². The third-order valence-corrected chi connectivity index (χ3v) is 4.36. The van der Waals surface area contributed by atoms with Gasteiger partial charge in [0.15, 0.2) is 0 Å². The lowest BCUT2D eigenvalue weighted by Gasteiger charge is -2.14. The molecule has 6 heteroatoms. The molecule has 24 heavy (non-hydrogen) atoms. The summed E-state index contributed by atoms with van der Waals surface area (Å²) in [6.45, 7) is 5.75. The lowest BCUT2D eigenvalue weighted by molar-refractivity contribution is -0.127. The van der Waals surface area contributed by atoms with Crippen molar-refractivity contribution in [3.63, 3.8) is 0 Å². The number of aromatic amines is 1. The molecule has 1 aromatic heterocycles. The summed E-state index contributed by atoms with van der Waals surface area (Å²) in [6.07, 6.45) is 2.50. The number of hydrogen-bond donors (Lipinski definition) is 2. The van der Waals surface area contributed by atoms with Crippen LogP contribution < -0.4 is 10.1 Å². The Bertz CT molecular complexity index is 753. The third kappa shape index (κ3) is 3.22. The number of fused-ring (bicyclic) bond motifs is 1. The van der Waals surface area contributed by atoms with Crippen molar-refractivity contribution in [2.45, 2.75) is 32.7 Å². The molecule has 0 aliphatic carbocycles. The number of nitrogens with one attached hydrogen (secondary N) is 2. The van der Waals surface area contributed by atoms with E-state index in [2.05, 4.69) is 10.3 Å². The van der Waals surface area contributed by atoms with Crippen LogP contribution in [0.15, 0.2) is 24.4 Å². The summed E-state index contributed by atoms with van der Waals surface area (Å²) in [4.78, 5) is 29.1. The fraction of sp³-hybridized carbons (Fsp3) is 0.444. The lowest BCUT2D eigenvalue weighted by atomic mass is 10.1. The number of benzene rings is 1. The fourth-order valence-corrected chi connectivity index (χ4v) is 3.26. The molecule has 3 rings (SSSR count). The molecule has 2 N–H and O–H groups in total. The lowest BCUT2D eigenvalue weighted by Crippen LogP contribution is -2.37. The van der Waals surface area contributed by atoms with Gasteiger partial charge in [-0.25, -0.2) is 0 Å². The Balaban J connectivity index is 1.71. The minimum absolute atomic E-state index is 0.0713. The maximum Gasteiger partial charge on any atom is 0.224 e. The monoisotopic (exact) mass is 329 g/mol. The standard InChI is InChI=1S/C18H23N3O3/c1-3-21-11-13(9-17(21)23)20-16(22)8-12-10-19-14-6-5-7-15(18(12)14)24-4-2/h5-7,10,13,19H,3-4,8-9,11H2,1-2H3,(H,20,22)/t13-/m1/s1. The normalized spacial score (nSPS) is 17.5. The number of likely N-dealkylation sites (N-methyl/N-ethyl adjacent to an activating group) is 1. The zero-order valence-corrected chi connectivity index (χ0v) is 14.1. The highest BCUT2D eigenvalue weighted by atomic mass is 16.5. The molecule has 1 aliphatic heterocycles. The maximum atomic E-state index is 12.4. The highest BCUT2D eigenvalue weighted by Crippen LogP contribution is 2.29. The molecule has 0 unspecified atom stereocenters. The third-order valence-electron chi connectivity index (χ3n) is 4.36. The van der Waals surface area contributed by atoms with E-state index < -0.39 is 0 Å². The Hall–Kier alpha value is -2.50. The second kappa shape index (κ2) is 6.95. The van der Waals surface area contributed by atoms with Crippen LogP contribution in [0.2, 0.25) is 0 Å². The number of hydrogen-bond acceptors (Lipinski definition) is 3. The van der Waals surface area contributed by atoms with Crippen LogP contribution in [0.4, 0.5) is 0 Å². The average Bonchev–Trinajstić information content (AvgIpc) is 3.12. The number of H-pyrrole nitrogens is 1. The Kier molecular flexibility index (Phi) is 4.74. The topological polar surface area (TPSA) is 74.4 Å². The van der Waals surface area contributed by atoms with E-state index in [0.29, 0.717) is 26.1 Å². The quantitative estimate of drug-likeness (QED) is 0.849. The van der Waals surface area contributed by atoms with E-state index in [1.807, 2.05) is 38.2 Å². The van der Waals surface area contributed by atoms with Gasteiger partial charge >= 0.3 is 0 Å². The van der Waals surface area contributed by atoms with Gasteiger partial charge in [-0.3, -0.25) is 9.59 Å². The first-order valence-corrected chi connectivity index (χ1v) is 8.41. The molecule has 1 aliphatic rings. The van der Waals surface area contributed by atoms with E-state index in [4.69, 9.17) is 4.74 Å². The number of nitrogens with zero attached hydrogens (tertiary/aromatic N) is 1. The van der Waals surface area contributed by atoms with Crippen LogP contribution in [0.25, 0.3) is 10.9 Å². The molecular formula is C18H23N3O3. The Morgan fingerprint density at radius 2 is 2.25 bits per heavy atom. The van der Waals surface area contributed by atoms with Gasteiger partial charge in [0.2, 0.25) is 11.8 Å². The van der Waals surface area contributed by atoms with Gasteiger partial charge in [-0.1, -0.05) is 6.07 Å². The van der Waals surface area contributed by atoms with Crippen molar-refractivity contribution < 1.29 is 14.3 Å². The van der Waals surface area contributed by atoms with Crippen LogP contribution in [0.1, 0.15) is 25.8 Å². The minimum atomic E-state index is -0.0958. The van der Waals surface area contributed by atoms with Crippen molar-refractivity contribution in [3.8, 4) is 5.75 Å². The first-order valence-electron chi connectivity index (χ1n) is 8.41. The summed E-state index contributed by atoms with van der Waals surface area (Å²) < 4.78 is 5.67. The van der Waals surface area contributed by atoms with Crippen LogP contribution in [-0.2, 0) is 16.0 Å². The maximum absolute atomic E-state index is 12.4. The summed E-state index contributed by atoms with van der Waals surface area (Å²) in [5, 5.41) is 3.92. The Morgan fingerprint density at radius 1 is 1.42 bits per heavy atom. The van der Waals surface area contributed by atoms with Gasteiger partial charge in [0, 0.05) is 36.6 Å². The van der Waals surface area contributed by atoms with Crippen LogP contribution in [-0.4, -0.2) is 47.4 Å². The number of ether oxygens (including phenoxy) is 1. The molecule has 2 amide bonds.